The van der Waals surface area contributed by atoms with Crippen LogP contribution in [-0.2, 0) is 4.79 Å². The largest absolute Gasteiger partial charge is 0.494 e. The molecule has 0 aliphatic heterocycles. The summed E-state index contributed by atoms with van der Waals surface area (Å²) in [4.78, 5) is 22.6. The van der Waals surface area contributed by atoms with Gasteiger partial charge in [0.2, 0.25) is 5.91 Å². The first-order valence-electron chi connectivity index (χ1n) is 6.54. The summed E-state index contributed by atoms with van der Waals surface area (Å²) < 4.78 is 5.35. The predicted octanol–water partition coefficient (Wildman–Crippen LogP) is 3.71. The standard InChI is InChI=1S/C15H14N2O4S/c1-2-21-12-5-3-4-11(10-12)16-14(18)8-6-13-7-9-15(22-13)17(19)20/h3-10H,2H2,1H3,(H,16,18). The third-order valence-corrected chi connectivity index (χ3v) is 3.61. The van der Waals surface area contributed by atoms with Gasteiger partial charge in [0.05, 0.1) is 11.5 Å². The molecule has 1 aromatic carbocycles. The zero-order valence-corrected chi connectivity index (χ0v) is 12.6. The fourth-order valence-corrected chi connectivity index (χ4v) is 2.43. The average Bonchev–Trinajstić information content (AvgIpc) is 2.95. The molecule has 7 heteroatoms. The zero-order valence-electron chi connectivity index (χ0n) is 11.8. The van der Waals surface area contributed by atoms with Gasteiger partial charge < -0.3 is 10.1 Å². The molecule has 0 saturated heterocycles. The summed E-state index contributed by atoms with van der Waals surface area (Å²) in [5.41, 5.74) is 0.623. The Bertz CT molecular complexity index is 709. The molecule has 0 aliphatic rings. The molecule has 0 bridgehead atoms. The quantitative estimate of drug-likeness (QED) is 0.500. The van der Waals surface area contributed by atoms with E-state index >= 15 is 0 Å². The molecule has 0 unspecified atom stereocenters. The molecule has 0 fully saturated rings. The first-order valence-corrected chi connectivity index (χ1v) is 7.36. The summed E-state index contributed by atoms with van der Waals surface area (Å²) >= 11 is 1.01. The van der Waals surface area contributed by atoms with Crippen molar-refractivity contribution in [2.75, 3.05) is 11.9 Å². The fraction of sp³-hybridized carbons (Fsp3) is 0.133. The molecule has 0 spiro atoms. The van der Waals surface area contributed by atoms with Crippen molar-refractivity contribution in [1.82, 2.24) is 0 Å². The summed E-state index contributed by atoms with van der Waals surface area (Å²) in [5.74, 6) is 0.364. The van der Waals surface area contributed by atoms with Crippen LogP contribution in [0.25, 0.3) is 6.08 Å². The van der Waals surface area contributed by atoms with E-state index in [1.807, 2.05) is 6.92 Å². The van der Waals surface area contributed by atoms with E-state index in [4.69, 9.17) is 4.74 Å². The molecule has 1 aromatic heterocycles. The van der Waals surface area contributed by atoms with Gasteiger partial charge in [-0.15, -0.1) is 0 Å². The maximum absolute atomic E-state index is 11.8. The zero-order chi connectivity index (χ0) is 15.9. The lowest BCUT2D eigenvalue weighted by Crippen LogP contribution is -2.07. The van der Waals surface area contributed by atoms with Crippen molar-refractivity contribution in [3.05, 3.63) is 57.5 Å². The van der Waals surface area contributed by atoms with E-state index < -0.39 is 4.92 Å². The third kappa shape index (κ3) is 4.42. The highest BCUT2D eigenvalue weighted by Gasteiger charge is 2.08. The molecule has 0 aliphatic carbocycles. The molecule has 1 heterocycles. The van der Waals surface area contributed by atoms with Crippen LogP contribution in [0.5, 0.6) is 5.75 Å². The van der Waals surface area contributed by atoms with Crippen molar-refractivity contribution in [1.29, 1.82) is 0 Å². The smallest absolute Gasteiger partial charge is 0.324 e. The highest BCUT2D eigenvalue weighted by molar-refractivity contribution is 7.16. The number of nitrogens with one attached hydrogen (secondary N) is 1. The number of amides is 1. The van der Waals surface area contributed by atoms with Crippen LogP contribution < -0.4 is 10.1 Å². The van der Waals surface area contributed by atoms with Gasteiger partial charge in [-0.1, -0.05) is 17.4 Å². The van der Waals surface area contributed by atoms with Crippen molar-refractivity contribution in [3.63, 3.8) is 0 Å². The van der Waals surface area contributed by atoms with E-state index in [-0.39, 0.29) is 10.9 Å². The minimum atomic E-state index is -0.457. The van der Waals surface area contributed by atoms with Crippen LogP contribution in [0.15, 0.2) is 42.5 Å². The Morgan fingerprint density at radius 2 is 2.23 bits per heavy atom. The van der Waals surface area contributed by atoms with Gasteiger partial charge in [0.15, 0.2) is 0 Å². The van der Waals surface area contributed by atoms with E-state index in [9.17, 15) is 14.9 Å². The van der Waals surface area contributed by atoms with Crippen molar-refractivity contribution < 1.29 is 14.5 Å². The first-order chi connectivity index (χ1) is 10.6. The number of ether oxygens (including phenoxy) is 1. The molecule has 22 heavy (non-hydrogen) atoms. The van der Waals surface area contributed by atoms with E-state index in [0.717, 1.165) is 11.3 Å². The summed E-state index contributed by atoms with van der Waals surface area (Å²) in [7, 11) is 0. The number of carbonyl (C=O) groups is 1. The molecule has 2 rings (SSSR count). The second kappa shape index (κ2) is 7.37. The van der Waals surface area contributed by atoms with E-state index in [2.05, 4.69) is 5.32 Å². The molecular formula is C15H14N2O4S. The molecule has 1 amide bonds. The number of thiophene rings is 1. The summed E-state index contributed by atoms with van der Waals surface area (Å²) in [6.45, 7) is 2.43. The van der Waals surface area contributed by atoms with E-state index in [1.54, 1.807) is 36.4 Å². The van der Waals surface area contributed by atoms with Crippen molar-refractivity contribution >= 4 is 34.0 Å². The monoisotopic (exact) mass is 318 g/mol. The lowest BCUT2D eigenvalue weighted by Gasteiger charge is -2.06. The summed E-state index contributed by atoms with van der Waals surface area (Å²) in [6, 6.07) is 10.1. The van der Waals surface area contributed by atoms with Crippen LogP contribution >= 0.6 is 11.3 Å². The number of carbonyl (C=O) groups excluding carboxylic acids is 1. The Morgan fingerprint density at radius 1 is 1.41 bits per heavy atom. The normalized spacial score (nSPS) is 10.6. The van der Waals surface area contributed by atoms with Crippen LogP contribution in [-0.4, -0.2) is 17.4 Å². The van der Waals surface area contributed by atoms with Gasteiger partial charge in [0.25, 0.3) is 0 Å². The Morgan fingerprint density at radius 3 is 2.91 bits per heavy atom. The Kier molecular flexibility index (Phi) is 5.26. The predicted molar refractivity (Wildman–Crippen MR) is 86.2 cm³/mol. The maximum Gasteiger partial charge on any atom is 0.324 e. The van der Waals surface area contributed by atoms with Gasteiger partial charge in [-0.3, -0.25) is 14.9 Å². The summed E-state index contributed by atoms with van der Waals surface area (Å²) in [6.07, 6.45) is 2.88. The van der Waals surface area contributed by atoms with E-state index in [1.165, 1.54) is 12.1 Å². The molecule has 0 atom stereocenters. The lowest BCUT2D eigenvalue weighted by molar-refractivity contribution is -0.380. The topological polar surface area (TPSA) is 81.5 Å². The Hall–Kier alpha value is -2.67. The van der Waals surface area contributed by atoms with Gasteiger partial charge in [-0.2, -0.15) is 0 Å². The summed E-state index contributed by atoms with van der Waals surface area (Å²) in [5, 5.41) is 13.3. The third-order valence-electron chi connectivity index (χ3n) is 2.60. The van der Waals surface area contributed by atoms with Gasteiger partial charge in [-0.05, 0) is 31.2 Å². The Labute approximate surface area is 131 Å². The van der Waals surface area contributed by atoms with Crippen LogP contribution in [0.4, 0.5) is 10.7 Å². The number of rotatable bonds is 6. The van der Waals surface area contributed by atoms with Crippen molar-refractivity contribution in [3.8, 4) is 5.75 Å². The number of benzene rings is 1. The van der Waals surface area contributed by atoms with Gasteiger partial charge in [-0.25, -0.2) is 0 Å². The van der Waals surface area contributed by atoms with E-state index in [0.29, 0.717) is 22.9 Å². The van der Waals surface area contributed by atoms with Crippen LogP contribution in [0.1, 0.15) is 11.8 Å². The first kappa shape index (κ1) is 15.7. The van der Waals surface area contributed by atoms with Crippen LogP contribution in [0.3, 0.4) is 0 Å². The van der Waals surface area contributed by atoms with Crippen LogP contribution in [0.2, 0.25) is 0 Å². The minimum Gasteiger partial charge on any atom is -0.494 e. The van der Waals surface area contributed by atoms with Gasteiger partial charge >= 0.3 is 5.00 Å². The Balaban J connectivity index is 1.98. The molecule has 0 radical (unpaired) electrons. The maximum atomic E-state index is 11.8. The fourth-order valence-electron chi connectivity index (χ4n) is 1.70. The van der Waals surface area contributed by atoms with Gasteiger partial charge in [0.1, 0.15) is 5.75 Å². The molecule has 0 saturated carbocycles. The van der Waals surface area contributed by atoms with Crippen molar-refractivity contribution in [2.45, 2.75) is 6.92 Å². The minimum absolute atomic E-state index is 0.0458. The SMILES string of the molecule is CCOc1cccc(NC(=O)C=Cc2ccc([N+](=O)[O-])s2)c1. The second-order valence-electron chi connectivity index (χ2n) is 4.22. The number of hydrogen-bond acceptors (Lipinski definition) is 5. The molecular weight excluding hydrogens is 304 g/mol. The molecule has 1 N–H and O–H groups in total. The van der Waals surface area contributed by atoms with Crippen molar-refractivity contribution in [2.24, 2.45) is 0 Å². The molecule has 114 valence electrons. The highest BCUT2D eigenvalue weighted by atomic mass is 32.1. The number of nitro groups is 1. The molecule has 6 nitrogen and oxygen atoms in total. The van der Waals surface area contributed by atoms with Crippen LogP contribution in [0, 0.1) is 10.1 Å². The number of anilines is 1. The average molecular weight is 318 g/mol. The lowest BCUT2D eigenvalue weighted by atomic mass is 10.3. The number of hydrogen-bond donors (Lipinski definition) is 1. The highest BCUT2D eigenvalue weighted by Crippen LogP contribution is 2.25. The number of nitrogens with zero attached hydrogens (tertiary/aromatic N) is 1. The molecule has 2 aromatic rings. The second-order valence-corrected chi connectivity index (χ2v) is 5.31. The van der Waals surface area contributed by atoms with Gasteiger partial charge in [0, 0.05) is 28.8 Å².